The lowest BCUT2D eigenvalue weighted by Crippen LogP contribution is -2.53. The Morgan fingerprint density at radius 3 is 2.67 bits per heavy atom. The molecule has 0 heterocycles. The maximum atomic E-state index is 13.3. The van der Waals surface area contributed by atoms with Gasteiger partial charge < -0.3 is 11.1 Å². The van der Waals surface area contributed by atoms with E-state index in [1.165, 1.54) is 12.1 Å². The zero-order chi connectivity index (χ0) is 13.4. The fourth-order valence-corrected chi connectivity index (χ4v) is 3.09. The Labute approximate surface area is 113 Å². The van der Waals surface area contributed by atoms with Crippen molar-refractivity contribution in [3.63, 3.8) is 0 Å². The number of nitrogens with two attached hydrogens (primary N) is 1. The summed E-state index contributed by atoms with van der Waals surface area (Å²) in [5.41, 5.74) is 6.49. The number of halogens is 2. The molecule has 3 N–H and O–H groups in total. The lowest BCUT2D eigenvalue weighted by atomic mass is 9.74. The van der Waals surface area contributed by atoms with Gasteiger partial charge in [-0.1, -0.05) is 31.9 Å². The molecule has 1 saturated carbocycles. The minimum atomic E-state index is -0.287. The summed E-state index contributed by atoms with van der Waals surface area (Å²) in [6, 6.07) is 4.38. The molecular formula is C14H20ClFN2. The lowest BCUT2D eigenvalue weighted by molar-refractivity contribution is 0.239. The van der Waals surface area contributed by atoms with Crippen LogP contribution >= 0.6 is 11.6 Å². The summed E-state index contributed by atoms with van der Waals surface area (Å²) in [7, 11) is 0. The van der Waals surface area contributed by atoms with Crippen molar-refractivity contribution >= 4 is 17.3 Å². The SMILES string of the molecule is CC1(C)CCCC1(CN)Nc1cc(F)ccc1Cl. The van der Waals surface area contributed by atoms with E-state index < -0.39 is 0 Å². The van der Waals surface area contributed by atoms with Crippen molar-refractivity contribution in [2.24, 2.45) is 11.1 Å². The smallest absolute Gasteiger partial charge is 0.125 e. The van der Waals surface area contributed by atoms with Gasteiger partial charge in [0.15, 0.2) is 0 Å². The molecule has 100 valence electrons. The van der Waals surface area contributed by atoms with Gasteiger partial charge in [0.25, 0.3) is 0 Å². The van der Waals surface area contributed by atoms with Crippen LogP contribution in [0, 0.1) is 11.2 Å². The fourth-order valence-electron chi connectivity index (χ4n) is 2.92. The van der Waals surface area contributed by atoms with E-state index in [4.69, 9.17) is 17.3 Å². The van der Waals surface area contributed by atoms with E-state index >= 15 is 0 Å². The highest BCUT2D eigenvalue weighted by Crippen LogP contribution is 2.47. The van der Waals surface area contributed by atoms with E-state index in [0.717, 1.165) is 19.3 Å². The summed E-state index contributed by atoms with van der Waals surface area (Å²) in [6.07, 6.45) is 3.23. The molecule has 1 aliphatic rings. The monoisotopic (exact) mass is 270 g/mol. The van der Waals surface area contributed by atoms with E-state index in [-0.39, 0.29) is 16.8 Å². The van der Waals surface area contributed by atoms with Gasteiger partial charge in [0, 0.05) is 6.54 Å². The number of anilines is 1. The second-order valence-electron chi connectivity index (χ2n) is 5.77. The third-order valence-corrected chi connectivity index (χ3v) is 4.68. The van der Waals surface area contributed by atoms with Crippen LogP contribution in [0.1, 0.15) is 33.1 Å². The summed E-state index contributed by atoms with van der Waals surface area (Å²) >= 11 is 6.12. The summed E-state index contributed by atoms with van der Waals surface area (Å²) in [5.74, 6) is -0.287. The van der Waals surface area contributed by atoms with E-state index in [1.54, 1.807) is 6.07 Å². The zero-order valence-electron chi connectivity index (χ0n) is 10.9. The van der Waals surface area contributed by atoms with Crippen molar-refractivity contribution in [3.8, 4) is 0 Å². The van der Waals surface area contributed by atoms with Crippen LogP contribution in [0.5, 0.6) is 0 Å². The predicted octanol–water partition coefficient (Wildman–Crippen LogP) is 3.80. The summed E-state index contributed by atoms with van der Waals surface area (Å²) < 4.78 is 13.3. The molecule has 18 heavy (non-hydrogen) atoms. The van der Waals surface area contributed by atoms with Gasteiger partial charge in [-0.2, -0.15) is 0 Å². The summed E-state index contributed by atoms with van der Waals surface area (Å²) in [6.45, 7) is 4.92. The molecule has 4 heteroatoms. The van der Waals surface area contributed by atoms with Crippen molar-refractivity contribution in [1.82, 2.24) is 0 Å². The minimum absolute atomic E-state index is 0.0808. The highest BCUT2D eigenvalue weighted by molar-refractivity contribution is 6.33. The number of hydrogen-bond acceptors (Lipinski definition) is 2. The molecule has 2 rings (SSSR count). The second kappa shape index (κ2) is 4.71. The van der Waals surface area contributed by atoms with Gasteiger partial charge >= 0.3 is 0 Å². The molecule has 1 atom stereocenters. The molecule has 0 spiro atoms. The van der Waals surface area contributed by atoms with E-state index in [9.17, 15) is 4.39 Å². The number of hydrogen-bond donors (Lipinski definition) is 2. The minimum Gasteiger partial charge on any atom is -0.377 e. The first-order valence-electron chi connectivity index (χ1n) is 6.33. The Bertz CT molecular complexity index is 447. The molecule has 0 bridgehead atoms. The number of benzene rings is 1. The first-order chi connectivity index (χ1) is 8.40. The average molecular weight is 271 g/mol. The zero-order valence-corrected chi connectivity index (χ0v) is 11.6. The van der Waals surface area contributed by atoms with Gasteiger partial charge in [-0.05, 0) is 36.5 Å². The maximum absolute atomic E-state index is 13.3. The van der Waals surface area contributed by atoms with Crippen LogP contribution in [0.4, 0.5) is 10.1 Å². The van der Waals surface area contributed by atoms with Crippen LogP contribution < -0.4 is 11.1 Å². The molecule has 1 unspecified atom stereocenters. The normalized spacial score (nSPS) is 26.3. The van der Waals surface area contributed by atoms with Crippen LogP contribution in [0.3, 0.4) is 0 Å². The molecule has 0 aliphatic heterocycles. The van der Waals surface area contributed by atoms with Crippen LogP contribution in [0.25, 0.3) is 0 Å². The standard InChI is InChI=1S/C14H20ClFN2/c1-13(2)6-3-7-14(13,9-17)18-12-8-10(16)4-5-11(12)15/h4-5,8,18H,3,6-7,9,17H2,1-2H3. The largest absolute Gasteiger partial charge is 0.377 e. The van der Waals surface area contributed by atoms with E-state index in [2.05, 4.69) is 19.2 Å². The molecule has 1 aromatic carbocycles. The molecule has 2 nitrogen and oxygen atoms in total. The third-order valence-electron chi connectivity index (χ3n) is 4.35. The topological polar surface area (TPSA) is 38.0 Å². The van der Waals surface area contributed by atoms with Gasteiger partial charge in [-0.3, -0.25) is 0 Å². The van der Waals surface area contributed by atoms with E-state index in [1.807, 2.05) is 0 Å². The average Bonchev–Trinajstić information content (AvgIpc) is 2.60. The maximum Gasteiger partial charge on any atom is 0.125 e. The Morgan fingerprint density at radius 1 is 1.39 bits per heavy atom. The van der Waals surface area contributed by atoms with Crippen molar-refractivity contribution in [2.45, 2.75) is 38.6 Å². The quantitative estimate of drug-likeness (QED) is 0.877. The lowest BCUT2D eigenvalue weighted by Gasteiger charge is -2.42. The van der Waals surface area contributed by atoms with Crippen LogP contribution in [-0.4, -0.2) is 12.1 Å². The molecule has 1 aliphatic carbocycles. The number of nitrogens with one attached hydrogen (secondary N) is 1. The Hall–Kier alpha value is -0.800. The van der Waals surface area contributed by atoms with Gasteiger partial charge in [0.2, 0.25) is 0 Å². The highest BCUT2D eigenvalue weighted by Gasteiger charge is 2.47. The van der Waals surface area contributed by atoms with E-state index in [0.29, 0.717) is 17.3 Å². The molecule has 0 aromatic heterocycles. The van der Waals surface area contributed by atoms with Gasteiger partial charge in [-0.25, -0.2) is 4.39 Å². The summed E-state index contributed by atoms with van der Waals surface area (Å²) in [5, 5.41) is 3.94. The molecule has 0 radical (unpaired) electrons. The molecule has 1 fully saturated rings. The van der Waals surface area contributed by atoms with Crippen molar-refractivity contribution in [3.05, 3.63) is 29.0 Å². The molecular weight excluding hydrogens is 251 g/mol. The third kappa shape index (κ3) is 2.21. The Balaban J connectivity index is 2.34. The van der Waals surface area contributed by atoms with Crippen molar-refractivity contribution in [1.29, 1.82) is 0 Å². The highest BCUT2D eigenvalue weighted by atomic mass is 35.5. The fraction of sp³-hybridized carbons (Fsp3) is 0.571. The van der Waals surface area contributed by atoms with Gasteiger partial charge in [0.05, 0.1) is 16.2 Å². The van der Waals surface area contributed by atoms with Crippen molar-refractivity contribution < 1.29 is 4.39 Å². The van der Waals surface area contributed by atoms with Crippen LogP contribution in [-0.2, 0) is 0 Å². The van der Waals surface area contributed by atoms with Crippen LogP contribution in [0.2, 0.25) is 5.02 Å². The second-order valence-corrected chi connectivity index (χ2v) is 6.18. The first-order valence-corrected chi connectivity index (χ1v) is 6.71. The van der Waals surface area contributed by atoms with Gasteiger partial charge in [-0.15, -0.1) is 0 Å². The Morgan fingerprint density at radius 2 is 2.11 bits per heavy atom. The van der Waals surface area contributed by atoms with Crippen LogP contribution in [0.15, 0.2) is 18.2 Å². The Kier molecular flexibility index (Phi) is 3.56. The molecule has 0 amide bonds. The number of rotatable bonds is 3. The first kappa shape index (κ1) is 13.6. The summed E-state index contributed by atoms with van der Waals surface area (Å²) in [4.78, 5) is 0. The predicted molar refractivity (Wildman–Crippen MR) is 74.5 cm³/mol. The molecule has 0 saturated heterocycles. The van der Waals surface area contributed by atoms with Crippen molar-refractivity contribution in [2.75, 3.05) is 11.9 Å². The molecule has 1 aromatic rings. The van der Waals surface area contributed by atoms with Gasteiger partial charge in [0.1, 0.15) is 5.82 Å².